The normalized spacial score (nSPS) is 12.2. The monoisotopic (exact) mass is 277 g/mol. The lowest BCUT2D eigenvalue weighted by Crippen LogP contribution is -2.09. The Morgan fingerprint density at radius 1 is 1.24 bits per heavy atom. The summed E-state index contributed by atoms with van der Waals surface area (Å²) >= 11 is 0. The molecule has 0 radical (unpaired) electrons. The lowest BCUT2D eigenvalue weighted by Gasteiger charge is -2.12. The molecule has 0 aliphatic rings. The molecule has 1 unspecified atom stereocenters. The van der Waals surface area contributed by atoms with Gasteiger partial charge in [0, 0.05) is 6.54 Å². The molecule has 104 valence electrons. The Labute approximate surface area is 122 Å². The molecule has 1 N–H and O–H groups in total. The molecule has 0 spiro atoms. The number of imidazole rings is 1. The maximum atomic E-state index is 10.6. The van der Waals surface area contributed by atoms with Gasteiger partial charge >= 0.3 is 0 Å². The fraction of sp³-hybridized carbons (Fsp3) is 0.176. The molecule has 0 fully saturated rings. The van der Waals surface area contributed by atoms with Crippen LogP contribution in [0.3, 0.4) is 0 Å². The van der Waals surface area contributed by atoms with Crippen molar-refractivity contribution >= 4 is 11.0 Å². The van der Waals surface area contributed by atoms with Crippen LogP contribution in [0.25, 0.3) is 11.0 Å². The number of aromatic nitrogens is 2. The Morgan fingerprint density at radius 2 is 2.00 bits per heavy atom. The van der Waals surface area contributed by atoms with Gasteiger partial charge in [0.2, 0.25) is 0 Å². The maximum absolute atomic E-state index is 10.6. The van der Waals surface area contributed by atoms with Gasteiger partial charge in [0.15, 0.2) is 0 Å². The number of hydrogen-bond acceptors (Lipinski definition) is 3. The summed E-state index contributed by atoms with van der Waals surface area (Å²) in [4.78, 5) is 4.53. The van der Waals surface area contributed by atoms with Crippen molar-refractivity contribution in [2.45, 2.75) is 19.6 Å². The summed E-state index contributed by atoms with van der Waals surface area (Å²) in [7, 11) is 0. The topological polar surface area (TPSA) is 61.8 Å². The Balaban J connectivity index is 2.16. The second kappa shape index (κ2) is 5.39. The van der Waals surface area contributed by atoms with Gasteiger partial charge in [-0.3, -0.25) is 0 Å². The predicted octanol–water partition coefficient (Wildman–Crippen LogP) is 3.01. The van der Waals surface area contributed by atoms with E-state index in [4.69, 9.17) is 5.26 Å². The van der Waals surface area contributed by atoms with Crippen LogP contribution in [0, 0.1) is 11.3 Å². The van der Waals surface area contributed by atoms with Crippen molar-refractivity contribution in [2.75, 3.05) is 0 Å². The van der Waals surface area contributed by atoms with E-state index in [2.05, 4.69) is 11.1 Å². The van der Waals surface area contributed by atoms with Crippen molar-refractivity contribution in [1.82, 2.24) is 9.55 Å². The van der Waals surface area contributed by atoms with Gasteiger partial charge in [-0.05, 0) is 30.7 Å². The largest absolute Gasteiger partial charge is 0.380 e. The molecule has 4 heteroatoms. The fourth-order valence-electron chi connectivity index (χ4n) is 2.54. The Morgan fingerprint density at radius 3 is 2.67 bits per heavy atom. The van der Waals surface area contributed by atoms with Gasteiger partial charge in [0.1, 0.15) is 11.9 Å². The van der Waals surface area contributed by atoms with Gasteiger partial charge in [0.25, 0.3) is 0 Å². The van der Waals surface area contributed by atoms with Crippen LogP contribution in [0.4, 0.5) is 0 Å². The number of fused-ring (bicyclic) bond motifs is 1. The van der Waals surface area contributed by atoms with E-state index in [1.165, 1.54) is 0 Å². The summed E-state index contributed by atoms with van der Waals surface area (Å²) < 4.78 is 1.98. The lowest BCUT2D eigenvalue weighted by atomic mass is 10.1. The molecule has 0 saturated carbocycles. The maximum Gasteiger partial charge on any atom is 0.143 e. The van der Waals surface area contributed by atoms with Crippen molar-refractivity contribution in [1.29, 1.82) is 5.26 Å². The molecule has 0 bridgehead atoms. The highest BCUT2D eigenvalue weighted by Crippen LogP contribution is 2.26. The van der Waals surface area contributed by atoms with Gasteiger partial charge in [-0.2, -0.15) is 5.26 Å². The average Bonchev–Trinajstić information content (AvgIpc) is 2.92. The van der Waals surface area contributed by atoms with E-state index in [-0.39, 0.29) is 0 Å². The molecule has 4 nitrogen and oxygen atoms in total. The first-order valence-electron chi connectivity index (χ1n) is 6.88. The number of aliphatic hydroxyl groups excluding tert-OH is 1. The van der Waals surface area contributed by atoms with Crippen LogP contribution in [-0.2, 0) is 6.54 Å². The summed E-state index contributed by atoms with van der Waals surface area (Å²) in [6, 6.07) is 17.0. The van der Waals surface area contributed by atoms with Crippen LogP contribution in [0.15, 0.2) is 48.5 Å². The first-order chi connectivity index (χ1) is 10.2. The van der Waals surface area contributed by atoms with E-state index in [0.717, 1.165) is 16.6 Å². The van der Waals surface area contributed by atoms with Crippen molar-refractivity contribution in [3.05, 3.63) is 65.5 Å². The lowest BCUT2D eigenvalue weighted by molar-refractivity contribution is 0.205. The van der Waals surface area contributed by atoms with Crippen LogP contribution < -0.4 is 0 Å². The van der Waals surface area contributed by atoms with E-state index in [9.17, 15) is 5.11 Å². The highest BCUT2D eigenvalue weighted by atomic mass is 16.3. The molecule has 1 atom stereocenters. The van der Waals surface area contributed by atoms with Gasteiger partial charge in [0.05, 0.1) is 22.7 Å². The molecule has 0 amide bonds. The van der Waals surface area contributed by atoms with E-state index in [0.29, 0.717) is 17.9 Å². The molecule has 21 heavy (non-hydrogen) atoms. The summed E-state index contributed by atoms with van der Waals surface area (Å²) in [5.41, 5.74) is 3.05. The van der Waals surface area contributed by atoms with E-state index in [1.807, 2.05) is 47.9 Å². The Bertz CT molecular complexity index is 815. The van der Waals surface area contributed by atoms with E-state index >= 15 is 0 Å². The number of nitriles is 1. The molecule has 1 heterocycles. The van der Waals surface area contributed by atoms with E-state index in [1.54, 1.807) is 12.1 Å². The van der Waals surface area contributed by atoms with Crippen molar-refractivity contribution in [3.63, 3.8) is 0 Å². The van der Waals surface area contributed by atoms with Crippen LogP contribution in [0.2, 0.25) is 0 Å². The van der Waals surface area contributed by atoms with E-state index < -0.39 is 6.10 Å². The third-order valence-corrected chi connectivity index (χ3v) is 3.58. The van der Waals surface area contributed by atoms with Crippen LogP contribution in [0.1, 0.15) is 30.0 Å². The smallest absolute Gasteiger partial charge is 0.143 e. The fourth-order valence-corrected chi connectivity index (χ4v) is 2.54. The third-order valence-electron chi connectivity index (χ3n) is 3.58. The summed E-state index contributed by atoms with van der Waals surface area (Å²) in [6.45, 7) is 2.72. The number of aryl methyl sites for hydroxylation is 1. The minimum atomic E-state index is -0.774. The minimum Gasteiger partial charge on any atom is -0.380 e. The molecular weight excluding hydrogens is 262 g/mol. The zero-order chi connectivity index (χ0) is 14.8. The van der Waals surface area contributed by atoms with Crippen LogP contribution >= 0.6 is 0 Å². The SMILES string of the molecule is CCn1c(C(O)c2ccccc2)nc2cc(C#N)ccc21. The zero-order valence-electron chi connectivity index (χ0n) is 11.7. The van der Waals surface area contributed by atoms with Crippen LogP contribution in [0.5, 0.6) is 0 Å². The first-order valence-corrected chi connectivity index (χ1v) is 6.88. The molecule has 3 rings (SSSR count). The highest BCUT2D eigenvalue weighted by Gasteiger charge is 2.19. The summed E-state index contributed by atoms with van der Waals surface area (Å²) in [6.07, 6.45) is -0.774. The number of benzene rings is 2. The Hall–Kier alpha value is -2.64. The third kappa shape index (κ3) is 2.28. The highest BCUT2D eigenvalue weighted by molar-refractivity contribution is 5.78. The van der Waals surface area contributed by atoms with Gasteiger partial charge in [-0.25, -0.2) is 4.98 Å². The number of rotatable bonds is 3. The zero-order valence-corrected chi connectivity index (χ0v) is 11.7. The molecule has 2 aromatic carbocycles. The molecule has 0 saturated heterocycles. The van der Waals surface area contributed by atoms with Crippen LogP contribution in [-0.4, -0.2) is 14.7 Å². The summed E-state index contributed by atoms with van der Waals surface area (Å²) in [5.74, 6) is 0.605. The second-order valence-corrected chi connectivity index (χ2v) is 4.84. The Kier molecular flexibility index (Phi) is 3.43. The first kappa shape index (κ1) is 13.3. The minimum absolute atomic E-state index is 0.573. The summed E-state index contributed by atoms with van der Waals surface area (Å²) in [5, 5.41) is 19.6. The quantitative estimate of drug-likeness (QED) is 0.800. The standard InChI is InChI=1S/C17H15N3O/c1-2-20-15-9-8-12(11-18)10-14(15)19-17(20)16(21)13-6-4-3-5-7-13/h3-10,16,21H,2H2,1H3. The molecule has 0 aliphatic heterocycles. The van der Waals surface area contributed by atoms with Gasteiger partial charge in [-0.15, -0.1) is 0 Å². The van der Waals surface area contributed by atoms with Crippen molar-refractivity contribution < 1.29 is 5.11 Å². The number of nitrogens with zero attached hydrogens (tertiary/aromatic N) is 3. The molecular formula is C17H15N3O. The second-order valence-electron chi connectivity index (χ2n) is 4.84. The predicted molar refractivity (Wildman–Crippen MR) is 80.6 cm³/mol. The van der Waals surface area contributed by atoms with Gasteiger partial charge < -0.3 is 9.67 Å². The molecule has 1 aromatic heterocycles. The van der Waals surface area contributed by atoms with Crippen molar-refractivity contribution in [3.8, 4) is 6.07 Å². The van der Waals surface area contributed by atoms with Gasteiger partial charge in [-0.1, -0.05) is 30.3 Å². The van der Waals surface area contributed by atoms with Crippen molar-refractivity contribution in [2.24, 2.45) is 0 Å². The molecule has 3 aromatic rings. The number of hydrogen-bond donors (Lipinski definition) is 1. The average molecular weight is 277 g/mol. The molecule has 0 aliphatic carbocycles. The number of aliphatic hydroxyl groups is 1.